The van der Waals surface area contributed by atoms with Crippen molar-refractivity contribution in [2.24, 2.45) is 0 Å². The fraction of sp³-hybridized carbons (Fsp3) is 0. The van der Waals surface area contributed by atoms with Gasteiger partial charge < -0.3 is 9.13 Å². The largest absolute Gasteiger partial charge is 0.309 e. The Labute approximate surface area is 288 Å². The predicted octanol–water partition coefficient (Wildman–Crippen LogP) is 11.3. The van der Waals surface area contributed by atoms with Crippen LogP contribution in [0, 0.1) is 0 Å². The van der Waals surface area contributed by atoms with Gasteiger partial charge in [0.1, 0.15) is 0 Å². The first kappa shape index (κ1) is 10.1. The van der Waals surface area contributed by atoms with Crippen molar-refractivity contribution in [2.75, 3.05) is 0 Å². The Hall–Kier alpha value is -5.86. The fourth-order valence-electron chi connectivity index (χ4n) is 6.00. The van der Waals surface area contributed by atoms with Gasteiger partial charge in [-0.2, -0.15) is 0 Å². The highest BCUT2D eigenvalue weighted by atomic mass is 15.0. The van der Waals surface area contributed by atoms with Gasteiger partial charge in [-0.1, -0.05) is 109 Å². The molecular weight excluding hydrogens is 532 g/mol. The van der Waals surface area contributed by atoms with Gasteiger partial charge in [0.25, 0.3) is 0 Å². The molecule has 0 saturated carbocycles. The summed E-state index contributed by atoms with van der Waals surface area (Å²) in [5, 5.41) is -3.84. The number of para-hydroxylation sites is 3. The lowest BCUT2D eigenvalue weighted by Crippen LogP contribution is -1.95. The molecule has 0 fully saturated rings. The molecule has 0 bridgehead atoms. The van der Waals surface area contributed by atoms with E-state index in [9.17, 15) is 9.60 Å². The third-order valence-electron chi connectivity index (χ3n) is 7.71. The van der Waals surface area contributed by atoms with Crippen molar-refractivity contribution < 1.29 is 34.3 Å². The summed E-state index contributed by atoms with van der Waals surface area (Å²) in [7, 11) is 0. The minimum absolute atomic E-state index is 0.285. The minimum atomic E-state index is -0.872. The average Bonchev–Trinajstić information content (AvgIpc) is 3.86. The number of fused-ring (bicyclic) bond motifs is 13. The second-order valence-electron chi connectivity index (χ2n) is 9.86. The van der Waals surface area contributed by atoms with Crippen molar-refractivity contribution in [2.45, 2.75) is 0 Å². The van der Waals surface area contributed by atoms with E-state index in [0.29, 0.717) is 0 Å². The highest BCUT2D eigenvalue weighted by Gasteiger charge is 2.20. The van der Waals surface area contributed by atoms with Crippen LogP contribution < -0.4 is 0 Å². The second-order valence-corrected chi connectivity index (χ2v) is 9.86. The molecule has 0 N–H and O–H groups in total. The van der Waals surface area contributed by atoms with Crippen molar-refractivity contribution in [3.63, 3.8) is 0 Å². The Bertz CT molecular complexity index is 4120. The summed E-state index contributed by atoms with van der Waals surface area (Å²) in [6, 6.07) is -19.0. The lowest BCUT2D eigenvalue weighted by atomic mass is 9.94. The molecule has 0 aliphatic carbocycles. The van der Waals surface area contributed by atoms with E-state index in [2.05, 4.69) is 0 Å². The van der Waals surface area contributed by atoms with Crippen LogP contribution in [-0.4, -0.2) is 9.13 Å². The van der Waals surface area contributed by atoms with Crippen LogP contribution in [0.25, 0.3) is 87.3 Å². The summed E-state index contributed by atoms with van der Waals surface area (Å²) >= 11 is 0. The molecule has 2 heterocycles. The molecule has 10 rings (SSSR count). The van der Waals surface area contributed by atoms with Crippen molar-refractivity contribution in [3.05, 3.63) is 157 Å². The van der Waals surface area contributed by atoms with Crippen LogP contribution in [0.3, 0.4) is 0 Å². The Balaban J connectivity index is 1.56. The molecule has 2 aromatic heterocycles. The van der Waals surface area contributed by atoms with Crippen LogP contribution >= 0.6 is 0 Å². The molecule has 0 amide bonds. The van der Waals surface area contributed by atoms with E-state index in [4.69, 9.17) is 24.7 Å². The summed E-state index contributed by atoms with van der Waals surface area (Å²) in [4.78, 5) is 0. The lowest BCUT2D eigenvalue weighted by Gasteiger charge is -2.14. The van der Waals surface area contributed by atoms with Crippen molar-refractivity contribution in [1.82, 2.24) is 9.13 Å². The molecule has 0 aliphatic heterocycles. The van der Waals surface area contributed by atoms with Gasteiger partial charge in [-0.05, 0) is 80.7 Å². The van der Waals surface area contributed by atoms with Crippen molar-refractivity contribution >= 4 is 75.9 Å². The zero-order valence-corrected chi connectivity index (χ0v) is 22.0. The molecule has 2 heteroatoms. The van der Waals surface area contributed by atoms with E-state index in [-0.39, 0.29) is 37.7 Å². The van der Waals surface area contributed by atoms with Gasteiger partial charge in [-0.3, -0.25) is 0 Å². The molecule has 8 aromatic carbocycles. The zero-order chi connectivity index (χ0) is 50.5. The maximum atomic E-state index is 9.73. The maximum Gasteiger partial charge on any atom is 0.0646 e. The van der Waals surface area contributed by atoms with Crippen LogP contribution in [0.5, 0.6) is 0 Å². The molecule has 0 saturated heterocycles. The molecule has 44 heavy (non-hydrogen) atoms. The summed E-state index contributed by atoms with van der Waals surface area (Å²) in [6.45, 7) is 0. The van der Waals surface area contributed by atoms with Crippen LogP contribution in [0.4, 0.5) is 0 Å². The normalized spacial score (nSPS) is 20.0. The number of nitrogens with zero attached hydrogens (tertiary/aromatic N) is 2. The quantitative estimate of drug-likeness (QED) is 0.179. The van der Waals surface area contributed by atoms with E-state index in [0.717, 1.165) is 15.2 Å². The summed E-state index contributed by atoms with van der Waals surface area (Å²) in [6.07, 6.45) is 0. The number of rotatable bonds is 2. The minimum Gasteiger partial charge on any atom is -0.309 e. The second kappa shape index (κ2) is 8.82. The molecule has 2 nitrogen and oxygen atoms in total. The third kappa shape index (κ3) is 3.09. The van der Waals surface area contributed by atoms with Gasteiger partial charge in [0.2, 0.25) is 0 Å². The van der Waals surface area contributed by atoms with Crippen molar-refractivity contribution in [1.29, 1.82) is 0 Å². The molecule has 204 valence electrons. The van der Waals surface area contributed by atoms with Gasteiger partial charge in [-0.25, -0.2) is 0 Å². The highest BCUT2D eigenvalue weighted by Crippen LogP contribution is 2.43. The van der Waals surface area contributed by atoms with Crippen LogP contribution in [-0.2, 0) is 0 Å². The first-order valence-corrected chi connectivity index (χ1v) is 13.2. The lowest BCUT2D eigenvalue weighted by molar-refractivity contribution is 1.17. The van der Waals surface area contributed by atoms with Gasteiger partial charge in [0.15, 0.2) is 0 Å². The third-order valence-corrected chi connectivity index (χ3v) is 7.71. The van der Waals surface area contributed by atoms with E-state index >= 15 is 0 Å². The summed E-state index contributed by atoms with van der Waals surface area (Å²) < 4.78 is 226. The predicted molar refractivity (Wildman–Crippen MR) is 188 cm³/mol. The van der Waals surface area contributed by atoms with Gasteiger partial charge >= 0.3 is 0 Å². The Morgan fingerprint density at radius 1 is 0.295 bits per heavy atom. The van der Waals surface area contributed by atoms with Crippen LogP contribution in [0.15, 0.2) is 157 Å². The molecule has 0 radical (unpaired) electrons. The molecule has 0 aliphatic rings. The first-order valence-electron chi connectivity index (χ1n) is 25.7. The maximum absolute atomic E-state index is 9.73. The van der Waals surface area contributed by atoms with Gasteiger partial charge in [0.05, 0.1) is 56.3 Å². The smallest absolute Gasteiger partial charge is 0.0646 e. The monoisotopic (exact) mass is 583 g/mol. The standard InChI is InChI=1S/C42H26N2/c1-2-12-27(13-3-1)43-37-20-10-8-18-34(37)41-39(43)24-25-40-42(41)35-19-9-11-21-38(35)44(40)28-22-23-33-31-16-5-4-14-29(31)30-15-6-7-17-32(30)36(33)26-28/h1-26H/i1D,2D,3D,4D,5D,6D,7D,8D,9D,10D,11D,12D,13D,14D,15D,16D,17D,18D,19D,20D,21D,22D,23D,24D,25D. The SMILES string of the molecule is [2H]c1c([2H])c([2H])c(-n2c3c([2H])c([2H])c([2H])c([2H])c3c3c4c5c([2H])c([2H])c([2H])c([2H])c5n(-c5cc6c(c([2H])c5[2H])c5c([2H])c([2H])c([2H])c([2H])c5c5c([2H])c([2H])c([2H])c([2H])c65)c4c([2H])c([2H])c32)c([2H])c1[2H]. The number of hydrogen-bond acceptors (Lipinski definition) is 0. The number of benzene rings is 8. The van der Waals surface area contributed by atoms with Crippen molar-refractivity contribution in [3.8, 4) is 11.4 Å². The fourth-order valence-corrected chi connectivity index (χ4v) is 6.00. The highest BCUT2D eigenvalue weighted by molar-refractivity contribution is 6.29. The Kier molecular flexibility index (Phi) is 2.03. The Morgan fingerprint density at radius 3 is 1.25 bits per heavy atom. The number of hydrogen-bond donors (Lipinski definition) is 0. The first-order chi connectivity index (χ1) is 32.3. The van der Waals surface area contributed by atoms with E-state index in [1.54, 1.807) is 0 Å². The topological polar surface area (TPSA) is 9.86 Å². The Morgan fingerprint density at radius 2 is 0.705 bits per heavy atom. The molecular formula is C42H26N2. The molecule has 0 unspecified atom stereocenters. The van der Waals surface area contributed by atoms with Crippen LogP contribution in [0.1, 0.15) is 34.3 Å². The van der Waals surface area contributed by atoms with Gasteiger partial charge in [0, 0.05) is 32.9 Å². The molecule has 0 spiro atoms. The zero-order valence-electron chi connectivity index (χ0n) is 47.0. The van der Waals surface area contributed by atoms with E-state index < -0.39 is 201 Å². The molecule has 0 atom stereocenters. The number of aromatic nitrogens is 2. The molecule has 10 aromatic rings. The van der Waals surface area contributed by atoms with Gasteiger partial charge in [-0.15, -0.1) is 0 Å². The summed E-state index contributed by atoms with van der Waals surface area (Å²) in [5.74, 6) is 0. The van der Waals surface area contributed by atoms with E-state index in [1.165, 1.54) is 0 Å². The van der Waals surface area contributed by atoms with E-state index in [1.807, 2.05) is 0 Å². The summed E-state index contributed by atoms with van der Waals surface area (Å²) in [5.41, 5.74) is -3.28. The average molecular weight is 584 g/mol. The van der Waals surface area contributed by atoms with Crippen LogP contribution in [0.2, 0.25) is 0 Å².